The first kappa shape index (κ1) is 15.8. The maximum Gasteiger partial charge on any atom is 0.240 e. The Labute approximate surface area is 128 Å². The highest BCUT2D eigenvalue weighted by atomic mass is 79.9. The average molecular weight is 363 g/mol. The largest absolute Gasteiger partial charge is 0.398 e. The van der Waals surface area contributed by atoms with Crippen LogP contribution < -0.4 is 10.5 Å². The molecule has 1 heterocycles. The van der Waals surface area contributed by atoms with Crippen molar-refractivity contribution in [2.75, 3.05) is 25.5 Å². The van der Waals surface area contributed by atoms with Crippen LogP contribution in [0.1, 0.15) is 18.4 Å². The van der Waals surface area contributed by atoms with Gasteiger partial charge in [0.15, 0.2) is 0 Å². The molecule has 1 aromatic carbocycles. The van der Waals surface area contributed by atoms with Crippen LogP contribution in [0.2, 0.25) is 0 Å². The maximum absolute atomic E-state index is 12.3. The minimum atomic E-state index is -3.52. The average Bonchev–Trinajstić information content (AvgIpc) is 2.42. The predicted octanol–water partition coefficient (Wildman–Crippen LogP) is 2.04. The molecule has 1 saturated heterocycles. The van der Waals surface area contributed by atoms with Crippen LogP contribution in [0, 0.1) is 12.8 Å². The number of nitrogens with two attached hydrogens (primary N) is 1. The monoisotopic (exact) mass is 362 g/mol. The first-order valence-electron chi connectivity index (χ1n) is 6.53. The van der Waals surface area contributed by atoms with Gasteiger partial charge in [0.1, 0.15) is 0 Å². The minimum absolute atomic E-state index is 0.241. The van der Waals surface area contributed by atoms with Crippen molar-refractivity contribution in [3.8, 4) is 0 Å². The zero-order chi connectivity index (χ0) is 14.8. The third kappa shape index (κ3) is 3.72. The van der Waals surface area contributed by atoms with E-state index in [1.165, 1.54) is 6.07 Å². The molecular formula is C13H19BrN2O3S. The van der Waals surface area contributed by atoms with Gasteiger partial charge in [-0.15, -0.1) is 0 Å². The van der Waals surface area contributed by atoms with Crippen molar-refractivity contribution in [1.29, 1.82) is 0 Å². The summed E-state index contributed by atoms with van der Waals surface area (Å²) in [5.41, 5.74) is 6.86. The first-order chi connectivity index (χ1) is 9.40. The van der Waals surface area contributed by atoms with E-state index in [-0.39, 0.29) is 4.90 Å². The Balaban J connectivity index is 2.11. The van der Waals surface area contributed by atoms with Crippen LogP contribution in [-0.4, -0.2) is 28.2 Å². The topological polar surface area (TPSA) is 81.4 Å². The van der Waals surface area contributed by atoms with Crippen LogP contribution in [0.15, 0.2) is 21.5 Å². The molecule has 0 atom stereocenters. The van der Waals surface area contributed by atoms with E-state index in [9.17, 15) is 8.42 Å². The molecule has 0 amide bonds. The van der Waals surface area contributed by atoms with Gasteiger partial charge in [-0.05, 0) is 59.3 Å². The van der Waals surface area contributed by atoms with Crippen LogP contribution in [0.4, 0.5) is 5.69 Å². The molecule has 1 aliphatic rings. The Morgan fingerprint density at radius 3 is 2.70 bits per heavy atom. The molecule has 0 unspecified atom stereocenters. The summed E-state index contributed by atoms with van der Waals surface area (Å²) in [6.45, 7) is 3.61. The van der Waals surface area contributed by atoms with Crippen molar-refractivity contribution in [1.82, 2.24) is 4.72 Å². The van der Waals surface area contributed by atoms with Gasteiger partial charge < -0.3 is 10.5 Å². The van der Waals surface area contributed by atoms with Gasteiger partial charge in [-0.25, -0.2) is 13.1 Å². The lowest BCUT2D eigenvalue weighted by Crippen LogP contribution is -2.32. The summed E-state index contributed by atoms with van der Waals surface area (Å²) in [6.07, 6.45) is 1.79. The molecule has 0 bridgehead atoms. The van der Waals surface area contributed by atoms with Crippen LogP contribution in [-0.2, 0) is 14.8 Å². The summed E-state index contributed by atoms with van der Waals surface area (Å²) in [7, 11) is -3.52. The number of ether oxygens (including phenoxy) is 1. The third-order valence-corrected chi connectivity index (χ3v) is 5.74. The maximum atomic E-state index is 12.3. The highest BCUT2D eigenvalue weighted by Gasteiger charge is 2.21. The van der Waals surface area contributed by atoms with Crippen LogP contribution in [0.5, 0.6) is 0 Å². The normalized spacial score (nSPS) is 17.3. The van der Waals surface area contributed by atoms with Crippen LogP contribution in [0.25, 0.3) is 0 Å². The molecule has 2 rings (SSSR count). The lowest BCUT2D eigenvalue weighted by Gasteiger charge is -2.22. The number of aryl methyl sites for hydroxylation is 1. The number of halogens is 1. The lowest BCUT2D eigenvalue weighted by molar-refractivity contribution is 0.0678. The summed E-state index contributed by atoms with van der Waals surface area (Å²) in [5.74, 6) is 0.339. The Kier molecular flexibility index (Phi) is 5.06. The number of nitrogens with one attached hydrogen (secondary N) is 1. The van der Waals surface area contributed by atoms with E-state index in [0.29, 0.717) is 41.4 Å². The van der Waals surface area contributed by atoms with E-state index in [1.54, 1.807) is 13.0 Å². The van der Waals surface area contributed by atoms with E-state index in [2.05, 4.69) is 20.7 Å². The molecular weight excluding hydrogens is 344 g/mol. The summed E-state index contributed by atoms with van der Waals surface area (Å²) in [6, 6.07) is 3.21. The Hall–Kier alpha value is -0.630. The van der Waals surface area contributed by atoms with Gasteiger partial charge in [0.2, 0.25) is 10.0 Å². The van der Waals surface area contributed by atoms with Crippen molar-refractivity contribution < 1.29 is 13.2 Å². The summed E-state index contributed by atoms with van der Waals surface area (Å²) in [4.78, 5) is 0.241. The van der Waals surface area contributed by atoms with Gasteiger partial charge in [-0.2, -0.15) is 0 Å². The molecule has 112 valence electrons. The van der Waals surface area contributed by atoms with Crippen molar-refractivity contribution in [2.45, 2.75) is 24.7 Å². The zero-order valence-corrected chi connectivity index (χ0v) is 13.8. The molecule has 7 heteroatoms. The zero-order valence-electron chi connectivity index (χ0n) is 11.4. The number of rotatable bonds is 4. The third-order valence-electron chi connectivity index (χ3n) is 3.49. The standard InChI is InChI=1S/C13H19BrN2O3S/c1-9-6-11(14)12(15)7-13(9)20(17,18)16-8-10-2-4-19-5-3-10/h6-7,10,16H,2-5,8,15H2,1H3. The number of benzene rings is 1. The van der Waals surface area contributed by atoms with Crippen molar-refractivity contribution in [2.24, 2.45) is 5.92 Å². The summed E-state index contributed by atoms with van der Waals surface area (Å²) in [5, 5.41) is 0. The van der Waals surface area contributed by atoms with Gasteiger partial charge in [0.25, 0.3) is 0 Å². The van der Waals surface area contributed by atoms with E-state index in [4.69, 9.17) is 10.5 Å². The highest BCUT2D eigenvalue weighted by molar-refractivity contribution is 9.10. The van der Waals surface area contributed by atoms with Gasteiger partial charge in [0.05, 0.1) is 4.90 Å². The number of anilines is 1. The number of nitrogen functional groups attached to an aromatic ring is 1. The number of sulfonamides is 1. The van der Waals surface area contributed by atoms with Gasteiger partial charge in [-0.3, -0.25) is 0 Å². The van der Waals surface area contributed by atoms with Gasteiger partial charge in [-0.1, -0.05) is 0 Å². The summed E-state index contributed by atoms with van der Waals surface area (Å²) >= 11 is 3.29. The molecule has 0 radical (unpaired) electrons. The summed E-state index contributed by atoms with van der Waals surface area (Å²) < 4.78 is 33.3. The van der Waals surface area contributed by atoms with E-state index >= 15 is 0 Å². The second-order valence-electron chi connectivity index (χ2n) is 5.05. The molecule has 0 saturated carbocycles. The Morgan fingerprint density at radius 1 is 1.40 bits per heavy atom. The van der Waals surface area contributed by atoms with Crippen molar-refractivity contribution >= 4 is 31.6 Å². The first-order valence-corrected chi connectivity index (χ1v) is 8.81. The molecule has 1 aromatic rings. The second kappa shape index (κ2) is 6.43. The fourth-order valence-electron chi connectivity index (χ4n) is 2.21. The van der Waals surface area contributed by atoms with Crippen LogP contribution in [0.3, 0.4) is 0 Å². The molecule has 5 nitrogen and oxygen atoms in total. The minimum Gasteiger partial charge on any atom is -0.398 e. The fraction of sp³-hybridized carbons (Fsp3) is 0.538. The highest BCUT2D eigenvalue weighted by Crippen LogP contribution is 2.26. The van der Waals surface area contributed by atoms with E-state index in [0.717, 1.165) is 12.8 Å². The lowest BCUT2D eigenvalue weighted by atomic mass is 10.0. The molecule has 20 heavy (non-hydrogen) atoms. The SMILES string of the molecule is Cc1cc(Br)c(N)cc1S(=O)(=O)NCC1CCOCC1. The van der Waals surface area contributed by atoms with E-state index in [1.807, 2.05) is 0 Å². The van der Waals surface area contributed by atoms with Crippen LogP contribution >= 0.6 is 15.9 Å². The Morgan fingerprint density at radius 2 is 2.05 bits per heavy atom. The molecule has 0 spiro atoms. The molecule has 1 fully saturated rings. The predicted molar refractivity (Wildman–Crippen MR) is 82.0 cm³/mol. The molecule has 0 aromatic heterocycles. The molecule has 0 aliphatic carbocycles. The fourth-order valence-corrected chi connectivity index (χ4v) is 4.05. The smallest absolute Gasteiger partial charge is 0.240 e. The molecule has 1 aliphatic heterocycles. The van der Waals surface area contributed by atoms with Gasteiger partial charge >= 0.3 is 0 Å². The van der Waals surface area contributed by atoms with Gasteiger partial charge in [0, 0.05) is 29.9 Å². The van der Waals surface area contributed by atoms with Crippen molar-refractivity contribution in [3.63, 3.8) is 0 Å². The number of hydrogen-bond acceptors (Lipinski definition) is 4. The quantitative estimate of drug-likeness (QED) is 0.803. The molecule has 3 N–H and O–H groups in total. The second-order valence-corrected chi connectivity index (χ2v) is 7.64. The van der Waals surface area contributed by atoms with E-state index < -0.39 is 10.0 Å². The Bertz CT molecular complexity index is 584. The van der Waals surface area contributed by atoms with Crippen molar-refractivity contribution in [3.05, 3.63) is 22.2 Å². The number of hydrogen-bond donors (Lipinski definition) is 2.